The number of amides is 2. The third-order valence-electron chi connectivity index (χ3n) is 3.81. The smallest absolute Gasteiger partial charge is 0.298 e. The Morgan fingerprint density at radius 3 is 2.50 bits per heavy atom. The molecule has 0 bridgehead atoms. The molecule has 2 amide bonds. The monoisotopic (exact) mass is 370 g/mol. The lowest BCUT2D eigenvalue weighted by atomic mass is 10.1. The summed E-state index contributed by atoms with van der Waals surface area (Å²) in [5.74, 6) is 0.0912. The first-order chi connectivity index (χ1) is 12.5. The highest BCUT2D eigenvalue weighted by Crippen LogP contribution is 2.41. The Bertz CT molecular complexity index is 973. The van der Waals surface area contributed by atoms with Gasteiger partial charge in [0.2, 0.25) is 6.79 Å². The molecule has 1 saturated heterocycles. The van der Waals surface area contributed by atoms with E-state index in [9.17, 15) is 19.7 Å². The second kappa shape index (κ2) is 6.19. The summed E-state index contributed by atoms with van der Waals surface area (Å²) in [5.41, 5.74) is 0.372. The van der Waals surface area contributed by atoms with Crippen molar-refractivity contribution in [2.24, 2.45) is 0 Å². The van der Waals surface area contributed by atoms with Gasteiger partial charge >= 0.3 is 0 Å². The maximum Gasteiger partial charge on any atom is 0.298 e. The van der Waals surface area contributed by atoms with Crippen LogP contribution >= 0.6 is 11.8 Å². The molecule has 0 atom stereocenters. The van der Waals surface area contributed by atoms with Crippen molar-refractivity contribution in [1.82, 2.24) is 0 Å². The van der Waals surface area contributed by atoms with Crippen LogP contribution in [0.15, 0.2) is 47.4 Å². The predicted molar refractivity (Wildman–Crippen MR) is 94.1 cm³/mol. The van der Waals surface area contributed by atoms with Gasteiger partial charge in [-0.15, -0.1) is 0 Å². The van der Waals surface area contributed by atoms with Crippen LogP contribution in [0.2, 0.25) is 0 Å². The molecule has 1 fully saturated rings. The Labute approximate surface area is 151 Å². The molecular formula is C17H10N2O6S. The Balaban J connectivity index is 1.75. The number of benzene rings is 2. The normalized spacial score (nSPS) is 17.2. The number of carbonyl (C=O) groups excluding carboxylic acids is 2. The quantitative estimate of drug-likeness (QED) is 0.463. The van der Waals surface area contributed by atoms with Crippen LogP contribution in [0.25, 0.3) is 6.08 Å². The molecule has 2 aliphatic heterocycles. The van der Waals surface area contributed by atoms with Gasteiger partial charge in [0.15, 0.2) is 11.5 Å². The second-order valence-electron chi connectivity index (χ2n) is 5.37. The van der Waals surface area contributed by atoms with Gasteiger partial charge in [-0.05, 0) is 36.0 Å². The van der Waals surface area contributed by atoms with Crippen LogP contribution in [0.4, 0.5) is 16.2 Å². The molecule has 2 aliphatic rings. The van der Waals surface area contributed by atoms with E-state index in [1.807, 2.05) is 0 Å². The zero-order chi connectivity index (χ0) is 18.3. The average molecular weight is 370 g/mol. The maximum absolute atomic E-state index is 12.6. The number of thioether (sulfide) groups is 1. The lowest BCUT2D eigenvalue weighted by molar-refractivity contribution is -0.385. The fourth-order valence-electron chi connectivity index (χ4n) is 2.63. The van der Waals surface area contributed by atoms with Gasteiger partial charge < -0.3 is 9.47 Å². The second-order valence-corrected chi connectivity index (χ2v) is 6.37. The Kier molecular flexibility index (Phi) is 3.85. The molecule has 0 aromatic heterocycles. The van der Waals surface area contributed by atoms with Crippen LogP contribution in [0.5, 0.6) is 11.5 Å². The third-order valence-corrected chi connectivity index (χ3v) is 4.68. The zero-order valence-corrected chi connectivity index (χ0v) is 13.9. The number of ether oxygens (including phenoxy) is 2. The number of nitrogens with zero attached hydrogens (tertiary/aromatic N) is 2. The van der Waals surface area contributed by atoms with Crippen LogP contribution in [0.3, 0.4) is 0 Å². The molecule has 2 aromatic rings. The first-order valence-corrected chi connectivity index (χ1v) is 8.27. The first-order valence-electron chi connectivity index (χ1n) is 7.45. The fraction of sp³-hybridized carbons (Fsp3) is 0.0588. The van der Waals surface area contributed by atoms with E-state index in [-0.39, 0.29) is 28.7 Å². The van der Waals surface area contributed by atoms with Crippen molar-refractivity contribution in [2.75, 3.05) is 11.7 Å². The van der Waals surface area contributed by atoms with Gasteiger partial charge in [-0.25, -0.2) is 4.90 Å². The largest absolute Gasteiger partial charge is 0.454 e. The summed E-state index contributed by atoms with van der Waals surface area (Å²) in [6.07, 6.45) is 1.33. The topological polar surface area (TPSA) is 99.0 Å². The molecule has 0 unspecified atom stereocenters. The molecule has 9 heteroatoms. The van der Waals surface area contributed by atoms with Gasteiger partial charge in [0, 0.05) is 0 Å². The van der Waals surface area contributed by atoms with Gasteiger partial charge in [-0.2, -0.15) is 0 Å². The summed E-state index contributed by atoms with van der Waals surface area (Å²) >= 11 is 0.729. The van der Waals surface area contributed by atoms with E-state index in [0.717, 1.165) is 16.7 Å². The van der Waals surface area contributed by atoms with Crippen molar-refractivity contribution >= 4 is 40.4 Å². The van der Waals surface area contributed by atoms with Crippen LogP contribution < -0.4 is 14.4 Å². The number of hydrogen-bond donors (Lipinski definition) is 0. The minimum atomic E-state index is -0.574. The summed E-state index contributed by atoms with van der Waals surface area (Å²) < 4.78 is 10.4. The Morgan fingerprint density at radius 1 is 1.12 bits per heavy atom. The number of imide groups is 1. The highest BCUT2D eigenvalue weighted by Gasteiger charge is 2.37. The van der Waals surface area contributed by atoms with E-state index in [4.69, 9.17) is 9.47 Å². The number of rotatable bonds is 3. The summed E-state index contributed by atoms with van der Waals surface area (Å²) in [6.45, 7) is -0.0273. The van der Waals surface area contributed by atoms with Crippen molar-refractivity contribution in [2.45, 2.75) is 0 Å². The number of nitro groups is 1. The van der Waals surface area contributed by atoms with Crippen molar-refractivity contribution in [3.05, 3.63) is 63.0 Å². The van der Waals surface area contributed by atoms with Crippen LogP contribution in [0.1, 0.15) is 5.56 Å². The Hall–Kier alpha value is -3.33. The number of carbonyl (C=O) groups is 2. The summed E-state index contributed by atoms with van der Waals surface area (Å²) in [5, 5.41) is 10.9. The molecule has 8 nitrogen and oxygen atoms in total. The number of anilines is 1. The van der Waals surface area contributed by atoms with E-state index < -0.39 is 16.1 Å². The SMILES string of the molecule is O=C1S/C(=C/c2cc3c(cc2[N+](=O)[O-])OCO3)C(=O)N1c1ccccc1. The molecule has 2 heterocycles. The average Bonchev–Trinajstić information content (AvgIpc) is 3.19. The zero-order valence-electron chi connectivity index (χ0n) is 13.1. The molecule has 0 N–H and O–H groups in total. The Morgan fingerprint density at radius 2 is 1.81 bits per heavy atom. The highest BCUT2D eigenvalue weighted by molar-refractivity contribution is 8.19. The molecule has 0 saturated carbocycles. The minimum absolute atomic E-state index is 0.0273. The lowest BCUT2D eigenvalue weighted by Gasteiger charge is -2.11. The van der Waals surface area contributed by atoms with Crippen LogP contribution in [-0.2, 0) is 4.79 Å². The number of nitro benzene ring substituents is 1. The van der Waals surface area contributed by atoms with Crippen molar-refractivity contribution in [1.29, 1.82) is 0 Å². The van der Waals surface area contributed by atoms with E-state index >= 15 is 0 Å². The lowest BCUT2D eigenvalue weighted by Crippen LogP contribution is -2.27. The molecule has 130 valence electrons. The van der Waals surface area contributed by atoms with E-state index in [1.165, 1.54) is 18.2 Å². The third kappa shape index (κ3) is 2.68. The van der Waals surface area contributed by atoms with E-state index in [1.54, 1.807) is 30.3 Å². The molecule has 2 aromatic carbocycles. The summed E-state index contributed by atoms with van der Waals surface area (Å²) in [4.78, 5) is 36.8. The first kappa shape index (κ1) is 16.2. The highest BCUT2D eigenvalue weighted by atomic mass is 32.2. The van der Waals surface area contributed by atoms with Crippen LogP contribution in [-0.4, -0.2) is 22.9 Å². The number of para-hydroxylation sites is 1. The molecule has 0 radical (unpaired) electrons. The van der Waals surface area contributed by atoms with Crippen molar-refractivity contribution in [3.63, 3.8) is 0 Å². The van der Waals surface area contributed by atoms with Gasteiger partial charge in [0.25, 0.3) is 16.8 Å². The molecule has 0 aliphatic carbocycles. The van der Waals surface area contributed by atoms with E-state index in [0.29, 0.717) is 11.4 Å². The van der Waals surface area contributed by atoms with Gasteiger partial charge in [0.05, 0.1) is 27.1 Å². The molecule has 4 rings (SSSR count). The maximum atomic E-state index is 12.6. The van der Waals surface area contributed by atoms with Gasteiger partial charge in [0.1, 0.15) is 0 Å². The van der Waals surface area contributed by atoms with Crippen molar-refractivity contribution in [3.8, 4) is 11.5 Å². The van der Waals surface area contributed by atoms with Crippen molar-refractivity contribution < 1.29 is 24.0 Å². The van der Waals surface area contributed by atoms with Crippen LogP contribution in [0, 0.1) is 10.1 Å². The summed E-state index contributed by atoms with van der Waals surface area (Å²) in [7, 11) is 0. The van der Waals surface area contributed by atoms with E-state index in [2.05, 4.69) is 0 Å². The fourth-order valence-corrected chi connectivity index (χ4v) is 3.46. The standard InChI is InChI=1S/C17H10N2O6S/c20-16-15(26-17(21)18(16)11-4-2-1-3-5-11)7-10-6-13-14(25-9-24-13)8-12(10)19(22)23/h1-8H,9H2/b15-7+. The molecule has 0 spiro atoms. The number of hydrogen-bond acceptors (Lipinski definition) is 7. The molecule has 26 heavy (non-hydrogen) atoms. The molecular weight excluding hydrogens is 360 g/mol. The van der Waals surface area contributed by atoms with Gasteiger partial charge in [-0.1, -0.05) is 18.2 Å². The summed E-state index contributed by atoms with van der Waals surface area (Å²) in [6, 6.07) is 11.2. The minimum Gasteiger partial charge on any atom is -0.454 e. The predicted octanol–water partition coefficient (Wildman–Crippen LogP) is 3.56. The number of fused-ring (bicyclic) bond motifs is 1. The van der Waals surface area contributed by atoms with Gasteiger partial charge in [-0.3, -0.25) is 19.7 Å².